The molecule has 92 valence electrons. The minimum Gasteiger partial charge on any atom is -0.379 e. The molecule has 0 amide bonds. The number of alkyl halides is 3. The van der Waals surface area contributed by atoms with E-state index in [4.69, 9.17) is 32.7 Å². The number of hydrogen-bond acceptors (Lipinski definition) is 2. The SMILES string of the molecule is COC(COC(CCl)C(I)CCl)C(C)C. The summed E-state index contributed by atoms with van der Waals surface area (Å²) in [6.45, 7) is 4.79. The average Bonchev–Trinajstić information content (AvgIpc) is 2.23. The molecular weight excluding hydrogens is 350 g/mol. The Kier molecular flexibility index (Phi) is 10.0. The van der Waals surface area contributed by atoms with Crippen molar-refractivity contribution in [3.8, 4) is 0 Å². The Morgan fingerprint density at radius 3 is 2.07 bits per heavy atom. The number of halogens is 3. The molecule has 0 fully saturated rings. The molecule has 0 heterocycles. The highest BCUT2D eigenvalue weighted by Gasteiger charge is 2.20. The Morgan fingerprint density at radius 1 is 1.13 bits per heavy atom. The zero-order valence-electron chi connectivity index (χ0n) is 9.38. The molecule has 3 unspecified atom stereocenters. The van der Waals surface area contributed by atoms with E-state index in [1.165, 1.54) is 0 Å². The molecule has 0 saturated carbocycles. The van der Waals surface area contributed by atoms with Gasteiger partial charge in [-0.05, 0) is 5.92 Å². The van der Waals surface area contributed by atoms with Crippen molar-refractivity contribution in [2.24, 2.45) is 5.92 Å². The largest absolute Gasteiger partial charge is 0.379 e. The van der Waals surface area contributed by atoms with Gasteiger partial charge >= 0.3 is 0 Å². The monoisotopic (exact) mass is 368 g/mol. The van der Waals surface area contributed by atoms with Crippen LogP contribution in [0.3, 0.4) is 0 Å². The molecule has 0 rings (SSSR count). The summed E-state index contributed by atoms with van der Waals surface area (Å²) in [7, 11) is 1.70. The average molecular weight is 369 g/mol. The zero-order chi connectivity index (χ0) is 11.8. The molecule has 0 aromatic heterocycles. The molecule has 0 saturated heterocycles. The van der Waals surface area contributed by atoms with E-state index in [-0.39, 0.29) is 16.1 Å². The molecule has 0 N–H and O–H groups in total. The first-order chi connectivity index (χ1) is 7.06. The Labute approximate surface area is 116 Å². The lowest BCUT2D eigenvalue weighted by Gasteiger charge is -2.24. The van der Waals surface area contributed by atoms with Gasteiger partial charge in [0.2, 0.25) is 0 Å². The summed E-state index contributed by atoms with van der Waals surface area (Å²) in [5, 5.41) is 0. The summed E-state index contributed by atoms with van der Waals surface area (Å²) < 4.78 is 11.3. The zero-order valence-corrected chi connectivity index (χ0v) is 13.1. The summed E-state index contributed by atoms with van der Waals surface area (Å²) in [4.78, 5) is 0. The lowest BCUT2D eigenvalue weighted by molar-refractivity contribution is -0.0368. The van der Waals surface area contributed by atoms with Crippen LogP contribution in [-0.4, -0.2) is 41.6 Å². The van der Waals surface area contributed by atoms with Crippen LogP contribution < -0.4 is 0 Å². The lowest BCUT2D eigenvalue weighted by atomic mass is 10.1. The lowest BCUT2D eigenvalue weighted by Crippen LogP contribution is -2.33. The second-order valence-electron chi connectivity index (χ2n) is 3.71. The van der Waals surface area contributed by atoms with Crippen LogP contribution in [0, 0.1) is 5.92 Å². The Morgan fingerprint density at radius 2 is 1.73 bits per heavy atom. The van der Waals surface area contributed by atoms with Gasteiger partial charge in [-0.15, -0.1) is 23.2 Å². The third kappa shape index (κ3) is 6.51. The fourth-order valence-corrected chi connectivity index (χ4v) is 2.36. The van der Waals surface area contributed by atoms with Crippen molar-refractivity contribution >= 4 is 45.8 Å². The van der Waals surface area contributed by atoms with Crippen molar-refractivity contribution in [3.05, 3.63) is 0 Å². The smallest absolute Gasteiger partial charge is 0.0840 e. The maximum atomic E-state index is 5.82. The number of methoxy groups -OCH3 is 1. The van der Waals surface area contributed by atoms with Gasteiger partial charge in [0.1, 0.15) is 0 Å². The molecule has 0 aromatic carbocycles. The molecule has 0 bridgehead atoms. The Balaban J connectivity index is 3.98. The van der Waals surface area contributed by atoms with E-state index in [0.29, 0.717) is 24.3 Å². The predicted molar refractivity (Wildman–Crippen MR) is 74.6 cm³/mol. The first-order valence-corrected chi connectivity index (χ1v) is 7.28. The third-order valence-corrected chi connectivity index (χ3v) is 4.62. The van der Waals surface area contributed by atoms with Gasteiger partial charge in [0.25, 0.3) is 0 Å². The van der Waals surface area contributed by atoms with Crippen molar-refractivity contribution in [3.63, 3.8) is 0 Å². The quantitative estimate of drug-likeness (QED) is 0.483. The minimum absolute atomic E-state index is 0.00108. The predicted octanol–water partition coefficient (Wildman–Crippen LogP) is 3.32. The molecule has 0 aromatic rings. The first-order valence-electron chi connectivity index (χ1n) is 4.97. The molecule has 0 radical (unpaired) electrons. The number of hydrogen-bond donors (Lipinski definition) is 0. The third-order valence-electron chi connectivity index (χ3n) is 2.22. The van der Waals surface area contributed by atoms with E-state index >= 15 is 0 Å². The van der Waals surface area contributed by atoms with E-state index in [9.17, 15) is 0 Å². The van der Waals surface area contributed by atoms with Crippen LogP contribution >= 0.6 is 45.8 Å². The van der Waals surface area contributed by atoms with Crippen LogP contribution in [0.4, 0.5) is 0 Å². The van der Waals surface area contributed by atoms with E-state index < -0.39 is 0 Å². The molecule has 0 aliphatic heterocycles. The van der Waals surface area contributed by atoms with Gasteiger partial charge in [0.05, 0.1) is 22.7 Å². The fraction of sp³-hybridized carbons (Fsp3) is 1.00. The number of rotatable bonds is 8. The second kappa shape index (κ2) is 9.28. The molecule has 0 aliphatic rings. The van der Waals surface area contributed by atoms with Crippen LogP contribution in [0.15, 0.2) is 0 Å². The molecule has 15 heavy (non-hydrogen) atoms. The van der Waals surface area contributed by atoms with Gasteiger partial charge in [-0.3, -0.25) is 0 Å². The maximum absolute atomic E-state index is 5.82. The van der Waals surface area contributed by atoms with Crippen molar-refractivity contribution in [2.45, 2.75) is 30.0 Å². The van der Waals surface area contributed by atoms with Gasteiger partial charge in [-0.1, -0.05) is 36.4 Å². The van der Waals surface area contributed by atoms with Gasteiger partial charge in [0, 0.05) is 18.9 Å². The topological polar surface area (TPSA) is 18.5 Å². The second-order valence-corrected chi connectivity index (χ2v) is 5.93. The molecule has 5 heteroatoms. The van der Waals surface area contributed by atoms with Crippen molar-refractivity contribution in [1.82, 2.24) is 0 Å². The fourth-order valence-electron chi connectivity index (χ4n) is 1.10. The Hall–Kier alpha value is 1.23. The van der Waals surface area contributed by atoms with Crippen LogP contribution in [0.5, 0.6) is 0 Å². The maximum Gasteiger partial charge on any atom is 0.0840 e. The van der Waals surface area contributed by atoms with E-state index in [1.54, 1.807) is 7.11 Å². The van der Waals surface area contributed by atoms with Gasteiger partial charge in [0.15, 0.2) is 0 Å². The van der Waals surface area contributed by atoms with Gasteiger partial charge in [-0.2, -0.15) is 0 Å². The van der Waals surface area contributed by atoms with Gasteiger partial charge < -0.3 is 9.47 Å². The normalized spacial score (nSPS) is 17.8. The van der Waals surface area contributed by atoms with Crippen molar-refractivity contribution in [2.75, 3.05) is 25.5 Å². The van der Waals surface area contributed by atoms with Gasteiger partial charge in [-0.25, -0.2) is 0 Å². The highest BCUT2D eigenvalue weighted by Crippen LogP contribution is 2.16. The summed E-state index contributed by atoms with van der Waals surface area (Å²) in [6.07, 6.45) is 0.121. The summed E-state index contributed by atoms with van der Waals surface area (Å²) in [5.74, 6) is 1.46. The minimum atomic E-state index is 0.00108. The number of ether oxygens (including phenoxy) is 2. The van der Waals surface area contributed by atoms with Crippen molar-refractivity contribution < 1.29 is 9.47 Å². The molecule has 3 atom stereocenters. The molecular formula is C10H19Cl2IO2. The molecule has 0 aliphatic carbocycles. The van der Waals surface area contributed by atoms with E-state index in [1.807, 2.05) is 0 Å². The highest BCUT2D eigenvalue weighted by molar-refractivity contribution is 14.1. The van der Waals surface area contributed by atoms with E-state index in [2.05, 4.69) is 36.4 Å². The summed E-state index contributed by atoms with van der Waals surface area (Å²) in [6, 6.07) is 0. The first kappa shape index (κ1) is 16.2. The Bertz CT molecular complexity index is 158. The summed E-state index contributed by atoms with van der Waals surface area (Å²) >= 11 is 13.8. The van der Waals surface area contributed by atoms with Crippen LogP contribution in [0.25, 0.3) is 0 Å². The summed E-state index contributed by atoms with van der Waals surface area (Å²) in [5.41, 5.74) is 0. The van der Waals surface area contributed by atoms with Crippen LogP contribution in [-0.2, 0) is 9.47 Å². The molecule has 2 nitrogen and oxygen atoms in total. The standard InChI is InChI=1S/C10H19Cl2IO2/c1-7(2)10(14-3)6-15-9(5-12)8(13)4-11/h7-10H,4-6H2,1-3H3. The highest BCUT2D eigenvalue weighted by atomic mass is 127. The van der Waals surface area contributed by atoms with Crippen molar-refractivity contribution in [1.29, 1.82) is 0 Å². The van der Waals surface area contributed by atoms with E-state index in [0.717, 1.165) is 0 Å². The van der Waals surface area contributed by atoms with Crippen LogP contribution in [0.2, 0.25) is 0 Å². The molecule has 0 spiro atoms. The van der Waals surface area contributed by atoms with Crippen LogP contribution in [0.1, 0.15) is 13.8 Å².